The summed E-state index contributed by atoms with van der Waals surface area (Å²) >= 11 is 0. The van der Waals surface area contributed by atoms with Crippen molar-refractivity contribution in [2.45, 2.75) is 0 Å². The van der Waals surface area contributed by atoms with Crippen molar-refractivity contribution >= 4 is 60.8 Å². The number of aromatic nitrogens is 1. The maximum absolute atomic E-state index is 6.51. The number of hydrogen-bond donors (Lipinski definition) is 0. The molecule has 0 aliphatic carbocycles. The van der Waals surface area contributed by atoms with E-state index in [1.165, 1.54) is 44.1 Å². The van der Waals surface area contributed by atoms with Crippen molar-refractivity contribution in [3.05, 3.63) is 267 Å². The topological polar surface area (TPSA) is 21.3 Å². The Bertz CT molecular complexity index is 3970. The zero-order chi connectivity index (χ0) is 45.7. The number of anilines is 3. The van der Waals surface area contributed by atoms with Crippen LogP contribution in [0.1, 0.15) is 0 Å². The number of rotatable bonds is 9. The van der Waals surface area contributed by atoms with Gasteiger partial charge in [-0.1, -0.05) is 206 Å². The van der Waals surface area contributed by atoms with Gasteiger partial charge in [0.2, 0.25) is 0 Å². The lowest BCUT2D eigenvalue weighted by Gasteiger charge is -2.29. The SMILES string of the molecule is c1ccc(-c2ccccc2-c2cccc(N(c3ccc(-c4cccc5c4oc4ccccc45)cc3)c3ccccc3-c3cccc(-c4ccccc4-n4c5ccccc5c5ccccc54)c3)c2)cc1. The average Bonchev–Trinajstić information content (AvgIpc) is 3.98. The summed E-state index contributed by atoms with van der Waals surface area (Å²) in [6.07, 6.45) is 0. The standard InChI is InChI=1S/C66H44N2O/c1-2-19-45(20-3-1)52-25-4-5-26-53(52)49-23-17-24-51(44-49)67(50-41-39-46(40-42-50)56-32-18-33-60-59-31-10-15-38-65(59)69-66(56)60)61-34-11-6-27-54(61)47-21-16-22-48(43-47)55-28-7-12-35-62(55)68-63-36-13-8-29-57(63)58-30-9-14-37-64(58)68/h1-44H. The van der Waals surface area contributed by atoms with Crippen molar-refractivity contribution in [1.82, 2.24) is 4.57 Å². The van der Waals surface area contributed by atoms with Crippen LogP contribution in [0.4, 0.5) is 17.1 Å². The minimum atomic E-state index is 0.896. The molecule has 13 rings (SSSR count). The molecule has 2 heterocycles. The van der Waals surface area contributed by atoms with Gasteiger partial charge >= 0.3 is 0 Å². The third-order valence-electron chi connectivity index (χ3n) is 13.6. The first-order chi connectivity index (χ1) is 34.2. The van der Waals surface area contributed by atoms with Gasteiger partial charge < -0.3 is 13.9 Å². The second kappa shape index (κ2) is 16.9. The second-order valence-corrected chi connectivity index (χ2v) is 17.6. The van der Waals surface area contributed by atoms with Gasteiger partial charge in [0, 0.05) is 49.6 Å². The molecule has 0 atom stereocenters. The predicted octanol–water partition coefficient (Wildman–Crippen LogP) is 18.5. The van der Waals surface area contributed by atoms with E-state index in [0.29, 0.717) is 0 Å². The van der Waals surface area contributed by atoms with Crippen LogP contribution in [0.15, 0.2) is 271 Å². The largest absolute Gasteiger partial charge is 0.455 e. The van der Waals surface area contributed by atoms with Gasteiger partial charge in [-0.25, -0.2) is 0 Å². The van der Waals surface area contributed by atoms with E-state index >= 15 is 0 Å². The van der Waals surface area contributed by atoms with E-state index in [-0.39, 0.29) is 0 Å². The smallest absolute Gasteiger partial charge is 0.143 e. The summed E-state index contributed by atoms with van der Waals surface area (Å²) in [7, 11) is 0. The van der Waals surface area contributed by atoms with Crippen LogP contribution >= 0.6 is 0 Å². The molecule has 11 aromatic carbocycles. The summed E-state index contributed by atoms with van der Waals surface area (Å²) in [6, 6.07) is 96.1. The van der Waals surface area contributed by atoms with E-state index in [2.05, 4.69) is 264 Å². The molecule has 3 nitrogen and oxygen atoms in total. The monoisotopic (exact) mass is 880 g/mol. The zero-order valence-corrected chi connectivity index (χ0v) is 37.7. The highest BCUT2D eigenvalue weighted by atomic mass is 16.3. The fourth-order valence-electron chi connectivity index (χ4n) is 10.5. The number of benzene rings is 11. The molecular formula is C66H44N2O. The molecule has 13 aromatic rings. The molecule has 0 aliphatic heterocycles. The van der Waals surface area contributed by atoms with Crippen LogP contribution in [0.3, 0.4) is 0 Å². The highest BCUT2D eigenvalue weighted by Crippen LogP contribution is 2.45. The van der Waals surface area contributed by atoms with Crippen molar-refractivity contribution in [2.75, 3.05) is 4.90 Å². The van der Waals surface area contributed by atoms with Crippen LogP contribution in [-0.4, -0.2) is 4.57 Å². The summed E-state index contributed by atoms with van der Waals surface area (Å²) in [4.78, 5) is 2.41. The molecule has 0 N–H and O–H groups in total. The highest BCUT2D eigenvalue weighted by Gasteiger charge is 2.21. The van der Waals surface area contributed by atoms with E-state index in [1.807, 2.05) is 12.1 Å². The minimum Gasteiger partial charge on any atom is -0.455 e. The first-order valence-electron chi connectivity index (χ1n) is 23.6. The molecule has 0 aliphatic rings. The van der Waals surface area contributed by atoms with Gasteiger partial charge in [0.15, 0.2) is 0 Å². The van der Waals surface area contributed by atoms with E-state index < -0.39 is 0 Å². The van der Waals surface area contributed by atoms with Gasteiger partial charge in [-0.2, -0.15) is 0 Å². The zero-order valence-electron chi connectivity index (χ0n) is 37.7. The predicted molar refractivity (Wildman–Crippen MR) is 290 cm³/mol. The molecule has 0 radical (unpaired) electrons. The van der Waals surface area contributed by atoms with Crippen molar-refractivity contribution in [2.24, 2.45) is 0 Å². The molecule has 0 amide bonds. The molecular weight excluding hydrogens is 837 g/mol. The van der Waals surface area contributed by atoms with Gasteiger partial charge in [0.05, 0.1) is 22.4 Å². The van der Waals surface area contributed by atoms with Crippen LogP contribution < -0.4 is 4.90 Å². The second-order valence-electron chi connectivity index (χ2n) is 17.6. The number of fused-ring (bicyclic) bond motifs is 6. The first-order valence-corrected chi connectivity index (χ1v) is 23.6. The lowest BCUT2D eigenvalue weighted by Crippen LogP contribution is -2.11. The van der Waals surface area contributed by atoms with Crippen molar-refractivity contribution in [3.63, 3.8) is 0 Å². The summed E-state index contributed by atoms with van der Waals surface area (Å²) in [5.74, 6) is 0. The maximum Gasteiger partial charge on any atom is 0.143 e. The lowest BCUT2D eigenvalue weighted by molar-refractivity contribution is 0.670. The van der Waals surface area contributed by atoms with Crippen LogP contribution in [-0.2, 0) is 0 Å². The Labute approximate surface area is 401 Å². The Morgan fingerprint density at radius 3 is 1.54 bits per heavy atom. The van der Waals surface area contributed by atoms with Crippen molar-refractivity contribution in [1.29, 1.82) is 0 Å². The third-order valence-corrected chi connectivity index (χ3v) is 13.6. The Hall–Kier alpha value is -9.18. The molecule has 0 saturated carbocycles. The van der Waals surface area contributed by atoms with E-state index in [0.717, 1.165) is 78.1 Å². The Morgan fingerprint density at radius 2 is 0.783 bits per heavy atom. The normalized spacial score (nSPS) is 11.5. The van der Waals surface area contributed by atoms with E-state index in [1.54, 1.807) is 0 Å². The molecule has 0 bridgehead atoms. The minimum absolute atomic E-state index is 0.896. The molecule has 0 unspecified atom stereocenters. The Kier molecular flexibility index (Phi) is 9.84. The highest BCUT2D eigenvalue weighted by molar-refractivity contribution is 6.11. The van der Waals surface area contributed by atoms with Crippen LogP contribution in [0, 0.1) is 0 Å². The van der Waals surface area contributed by atoms with Gasteiger partial charge in [-0.15, -0.1) is 0 Å². The summed E-state index contributed by atoms with van der Waals surface area (Å²) in [5.41, 5.74) is 20.0. The van der Waals surface area contributed by atoms with Crippen molar-refractivity contribution in [3.8, 4) is 61.3 Å². The van der Waals surface area contributed by atoms with Gasteiger partial charge in [-0.3, -0.25) is 0 Å². The number of furan rings is 1. The molecule has 0 fully saturated rings. The fraction of sp³-hybridized carbons (Fsp3) is 0. The molecule has 0 spiro atoms. The molecule has 0 saturated heterocycles. The number of nitrogens with zero attached hydrogens (tertiary/aromatic N) is 2. The van der Waals surface area contributed by atoms with Crippen molar-refractivity contribution < 1.29 is 4.42 Å². The van der Waals surface area contributed by atoms with Gasteiger partial charge in [-0.05, 0) is 99.6 Å². The first kappa shape index (κ1) is 40.1. The van der Waals surface area contributed by atoms with Gasteiger partial charge in [0.1, 0.15) is 11.2 Å². The number of para-hydroxylation sites is 6. The molecule has 3 heteroatoms. The number of hydrogen-bond acceptors (Lipinski definition) is 2. The molecule has 2 aromatic heterocycles. The summed E-state index contributed by atoms with van der Waals surface area (Å²) in [6.45, 7) is 0. The quantitative estimate of drug-likeness (QED) is 0.144. The molecule has 69 heavy (non-hydrogen) atoms. The van der Waals surface area contributed by atoms with E-state index in [9.17, 15) is 0 Å². The fourth-order valence-corrected chi connectivity index (χ4v) is 10.5. The van der Waals surface area contributed by atoms with Crippen LogP contribution in [0.5, 0.6) is 0 Å². The molecule has 324 valence electrons. The summed E-state index contributed by atoms with van der Waals surface area (Å²) in [5, 5.41) is 4.74. The van der Waals surface area contributed by atoms with Crippen LogP contribution in [0.2, 0.25) is 0 Å². The maximum atomic E-state index is 6.51. The van der Waals surface area contributed by atoms with Gasteiger partial charge in [0.25, 0.3) is 0 Å². The van der Waals surface area contributed by atoms with E-state index in [4.69, 9.17) is 4.42 Å². The lowest BCUT2D eigenvalue weighted by atomic mass is 9.94. The Morgan fingerprint density at radius 1 is 0.290 bits per heavy atom. The third kappa shape index (κ3) is 6.99. The summed E-state index contributed by atoms with van der Waals surface area (Å²) < 4.78 is 8.93. The average molecular weight is 881 g/mol. The Balaban J connectivity index is 0.963. The van der Waals surface area contributed by atoms with Crippen LogP contribution in [0.25, 0.3) is 105 Å².